The van der Waals surface area contributed by atoms with Gasteiger partial charge in [-0.1, -0.05) is 17.7 Å². The molecule has 0 spiro atoms. The van der Waals surface area contributed by atoms with Gasteiger partial charge in [-0.2, -0.15) is 0 Å². The van der Waals surface area contributed by atoms with Gasteiger partial charge in [0.15, 0.2) is 0 Å². The van der Waals surface area contributed by atoms with E-state index in [0.29, 0.717) is 0 Å². The smallest absolute Gasteiger partial charge is 0.119 e. The molecule has 3 heteroatoms. The van der Waals surface area contributed by atoms with Gasteiger partial charge in [0.2, 0.25) is 0 Å². The highest BCUT2D eigenvalue weighted by molar-refractivity contribution is 7.99. The van der Waals surface area contributed by atoms with Crippen molar-refractivity contribution in [1.29, 1.82) is 0 Å². The maximum atomic E-state index is 5.65. The van der Waals surface area contributed by atoms with Crippen molar-refractivity contribution in [2.45, 2.75) is 18.2 Å². The van der Waals surface area contributed by atoms with Crippen molar-refractivity contribution in [2.75, 3.05) is 18.1 Å². The van der Waals surface area contributed by atoms with E-state index in [0.717, 1.165) is 30.2 Å². The molecule has 19 heavy (non-hydrogen) atoms. The Morgan fingerprint density at radius 3 is 2.63 bits per heavy atom. The second kappa shape index (κ2) is 7.10. The number of thioether (sulfide) groups is 1. The van der Waals surface area contributed by atoms with Gasteiger partial charge in [0.1, 0.15) is 5.75 Å². The molecule has 0 amide bonds. The van der Waals surface area contributed by atoms with E-state index in [2.05, 4.69) is 31.2 Å². The Hall–Kier alpha value is -1.61. The van der Waals surface area contributed by atoms with Crippen molar-refractivity contribution in [3.05, 3.63) is 54.1 Å². The van der Waals surface area contributed by atoms with Crippen LogP contribution >= 0.6 is 11.8 Å². The first-order chi connectivity index (χ1) is 9.24. The van der Waals surface area contributed by atoms with Gasteiger partial charge < -0.3 is 10.5 Å². The topological polar surface area (TPSA) is 35.2 Å². The summed E-state index contributed by atoms with van der Waals surface area (Å²) in [6.07, 6.45) is 1.03. The van der Waals surface area contributed by atoms with Gasteiger partial charge >= 0.3 is 0 Å². The Morgan fingerprint density at radius 2 is 1.89 bits per heavy atom. The summed E-state index contributed by atoms with van der Waals surface area (Å²) in [4.78, 5) is 1.33. The van der Waals surface area contributed by atoms with Crippen LogP contribution in [0.4, 0.5) is 5.69 Å². The van der Waals surface area contributed by atoms with Crippen LogP contribution in [-0.2, 0) is 0 Å². The number of hydrogen-bond acceptors (Lipinski definition) is 3. The second-order valence-corrected chi connectivity index (χ2v) is 5.60. The summed E-state index contributed by atoms with van der Waals surface area (Å²) in [5.41, 5.74) is 7.70. The Labute approximate surface area is 119 Å². The van der Waals surface area contributed by atoms with E-state index >= 15 is 0 Å². The van der Waals surface area contributed by atoms with E-state index in [1.165, 1.54) is 10.5 Å². The summed E-state index contributed by atoms with van der Waals surface area (Å²) in [6.45, 7) is 2.86. The van der Waals surface area contributed by atoms with Gasteiger partial charge in [0, 0.05) is 16.3 Å². The molecule has 2 aromatic rings. The molecule has 0 saturated carbocycles. The van der Waals surface area contributed by atoms with E-state index < -0.39 is 0 Å². The summed E-state index contributed by atoms with van der Waals surface area (Å²) >= 11 is 1.87. The fourth-order valence-corrected chi connectivity index (χ4v) is 2.65. The molecule has 0 aliphatic carbocycles. The third-order valence-corrected chi connectivity index (χ3v) is 3.78. The maximum Gasteiger partial charge on any atom is 0.119 e. The normalized spacial score (nSPS) is 10.4. The Bertz CT molecular complexity index is 510. The van der Waals surface area contributed by atoms with Gasteiger partial charge in [0.05, 0.1) is 6.61 Å². The lowest BCUT2D eigenvalue weighted by atomic mass is 10.2. The van der Waals surface area contributed by atoms with E-state index in [1.807, 2.05) is 36.0 Å². The molecule has 2 aromatic carbocycles. The highest BCUT2D eigenvalue weighted by atomic mass is 32.2. The van der Waals surface area contributed by atoms with E-state index in [4.69, 9.17) is 10.5 Å². The number of rotatable bonds is 6. The minimum absolute atomic E-state index is 0.739. The van der Waals surface area contributed by atoms with Crippen LogP contribution in [0.15, 0.2) is 53.4 Å². The lowest BCUT2D eigenvalue weighted by Gasteiger charge is -2.06. The van der Waals surface area contributed by atoms with Gasteiger partial charge in [-0.25, -0.2) is 0 Å². The number of benzene rings is 2. The highest BCUT2D eigenvalue weighted by Gasteiger charge is 1.96. The van der Waals surface area contributed by atoms with Crippen molar-refractivity contribution in [1.82, 2.24) is 0 Å². The van der Waals surface area contributed by atoms with Crippen LogP contribution in [0.1, 0.15) is 12.0 Å². The van der Waals surface area contributed by atoms with Gasteiger partial charge in [-0.3, -0.25) is 0 Å². The largest absolute Gasteiger partial charge is 0.494 e. The van der Waals surface area contributed by atoms with Gasteiger partial charge in [-0.05, 0) is 49.7 Å². The molecule has 0 aromatic heterocycles. The number of hydrogen-bond donors (Lipinski definition) is 1. The molecule has 0 bridgehead atoms. The minimum Gasteiger partial charge on any atom is -0.494 e. The van der Waals surface area contributed by atoms with Crippen LogP contribution in [-0.4, -0.2) is 12.4 Å². The van der Waals surface area contributed by atoms with E-state index in [9.17, 15) is 0 Å². The Balaban J connectivity index is 1.66. The number of anilines is 1. The van der Waals surface area contributed by atoms with Crippen molar-refractivity contribution >= 4 is 17.4 Å². The SMILES string of the molecule is Cc1cccc(SCCCOc2ccc(N)cc2)c1. The zero-order valence-electron chi connectivity index (χ0n) is 11.1. The molecular formula is C16H19NOS. The molecule has 0 aliphatic heterocycles. The summed E-state index contributed by atoms with van der Waals surface area (Å²) in [7, 11) is 0. The van der Waals surface area contributed by atoms with Crippen LogP contribution < -0.4 is 10.5 Å². The van der Waals surface area contributed by atoms with Crippen LogP contribution in [0.2, 0.25) is 0 Å². The highest BCUT2D eigenvalue weighted by Crippen LogP contribution is 2.20. The third-order valence-electron chi connectivity index (χ3n) is 2.70. The average Bonchev–Trinajstić information content (AvgIpc) is 2.41. The molecule has 0 atom stereocenters. The molecule has 2 rings (SSSR count). The van der Waals surface area contributed by atoms with Gasteiger partial charge in [0.25, 0.3) is 0 Å². The molecule has 0 heterocycles. The third kappa shape index (κ3) is 4.87. The summed E-state index contributed by atoms with van der Waals surface area (Å²) < 4.78 is 5.65. The summed E-state index contributed by atoms with van der Waals surface area (Å²) in [5, 5.41) is 0. The zero-order chi connectivity index (χ0) is 13.5. The molecule has 0 unspecified atom stereocenters. The number of nitrogen functional groups attached to an aromatic ring is 1. The van der Waals surface area contributed by atoms with Crippen molar-refractivity contribution in [3.63, 3.8) is 0 Å². The van der Waals surface area contributed by atoms with Crippen LogP contribution in [0.3, 0.4) is 0 Å². The Kier molecular flexibility index (Phi) is 5.16. The zero-order valence-corrected chi connectivity index (χ0v) is 12.0. The fraction of sp³-hybridized carbons (Fsp3) is 0.250. The van der Waals surface area contributed by atoms with Crippen LogP contribution in [0, 0.1) is 6.92 Å². The number of ether oxygens (including phenoxy) is 1. The molecule has 0 radical (unpaired) electrons. The predicted molar refractivity (Wildman–Crippen MR) is 82.9 cm³/mol. The van der Waals surface area contributed by atoms with Crippen molar-refractivity contribution in [2.24, 2.45) is 0 Å². The fourth-order valence-electron chi connectivity index (χ4n) is 1.71. The Morgan fingerprint density at radius 1 is 1.11 bits per heavy atom. The number of nitrogens with two attached hydrogens (primary N) is 1. The van der Waals surface area contributed by atoms with Crippen LogP contribution in [0.5, 0.6) is 5.75 Å². The molecule has 0 fully saturated rings. The minimum atomic E-state index is 0.739. The van der Waals surface area contributed by atoms with Crippen molar-refractivity contribution < 1.29 is 4.74 Å². The first kappa shape index (κ1) is 13.8. The first-order valence-electron chi connectivity index (χ1n) is 6.42. The molecule has 2 N–H and O–H groups in total. The monoisotopic (exact) mass is 273 g/mol. The van der Waals surface area contributed by atoms with Gasteiger partial charge in [-0.15, -0.1) is 11.8 Å². The second-order valence-electron chi connectivity index (χ2n) is 4.44. The van der Waals surface area contributed by atoms with Crippen molar-refractivity contribution in [3.8, 4) is 5.75 Å². The molecule has 0 aliphatic rings. The van der Waals surface area contributed by atoms with E-state index in [1.54, 1.807) is 0 Å². The predicted octanol–water partition coefficient (Wildman–Crippen LogP) is 4.14. The standard InChI is InChI=1S/C16H19NOS/c1-13-4-2-5-16(12-13)19-11-3-10-18-15-8-6-14(17)7-9-15/h2,4-9,12H,3,10-11,17H2,1H3. The molecular weight excluding hydrogens is 254 g/mol. The maximum absolute atomic E-state index is 5.65. The molecule has 100 valence electrons. The lowest BCUT2D eigenvalue weighted by molar-refractivity contribution is 0.319. The summed E-state index contributed by atoms with van der Waals surface area (Å²) in [5.74, 6) is 1.95. The first-order valence-corrected chi connectivity index (χ1v) is 7.40. The molecule has 2 nitrogen and oxygen atoms in total. The molecule has 0 saturated heterocycles. The average molecular weight is 273 g/mol. The summed E-state index contributed by atoms with van der Waals surface area (Å²) in [6, 6.07) is 16.1. The lowest BCUT2D eigenvalue weighted by Crippen LogP contribution is -1.98. The van der Waals surface area contributed by atoms with Crippen LogP contribution in [0.25, 0.3) is 0 Å². The van der Waals surface area contributed by atoms with E-state index in [-0.39, 0.29) is 0 Å². The number of aryl methyl sites for hydroxylation is 1. The quantitative estimate of drug-likeness (QED) is 0.488.